The molecule has 2 aromatic carbocycles. The Morgan fingerprint density at radius 2 is 1.63 bits per heavy atom. The van der Waals surface area contributed by atoms with E-state index in [2.05, 4.69) is 5.32 Å². The first-order valence-corrected chi connectivity index (χ1v) is 8.94. The highest BCUT2D eigenvalue weighted by Gasteiger charge is 2.14. The van der Waals surface area contributed by atoms with E-state index in [9.17, 15) is 14.4 Å². The summed E-state index contributed by atoms with van der Waals surface area (Å²) in [6, 6.07) is 13.0. The smallest absolute Gasteiger partial charge is 0.340 e. The fraction of sp³-hybridized carbons (Fsp3) is 0.250. The number of nitrogens with one attached hydrogen (secondary N) is 1. The van der Waals surface area contributed by atoms with Crippen LogP contribution in [0.4, 0.5) is 5.69 Å². The summed E-state index contributed by atoms with van der Waals surface area (Å²) in [5.74, 6) is -1.22. The van der Waals surface area contributed by atoms with Gasteiger partial charge in [-0.3, -0.25) is 9.59 Å². The molecule has 0 aromatic heterocycles. The number of rotatable bonds is 7. The zero-order chi connectivity index (χ0) is 19.8. The van der Waals surface area contributed by atoms with Crippen LogP contribution >= 0.6 is 11.6 Å². The van der Waals surface area contributed by atoms with E-state index in [1.54, 1.807) is 47.4 Å². The summed E-state index contributed by atoms with van der Waals surface area (Å²) in [6.07, 6.45) is 0. The molecule has 7 heteroatoms. The standard InChI is InChI=1S/C20H21ClN2O4/c1-3-23(4-2)19(25)14-9-11-15(12-10-14)22-18(24)13-27-20(26)16-7-5-6-8-17(16)21/h5-12H,3-4,13H2,1-2H3,(H,22,24). The van der Waals surface area contributed by atoms with Gasteiger partial charge in [0.15, 0.2) is 6.61 Å². The van der Waals surface area contributed by atoms with Crippen molar-refractivity contribution in [3.8, 4) is 0 Å². The van der Waals surface area contributed by atoms with Gasteiger partial charge in [-0.25, -0.2) is 4.79 Å². The number of ether oxygens (including phenoxy) is 1. The minimum Gasteiger partial charge on any atom is -0.452 e. The van der Waals surface area contributed by atoms with E-state index in [4.69, 9.17) is 16.3 Å². The number of esters is 1. The SMILES string of the molecule is CCN(CC)C(=O)c1ccc(NC(=O)COC(=O)c2ccccc2Cl)cc1. The molecule has 0 heterocycles. The van der Waals surface area contributed by atoms with E-state index in [1.165, 1.54) is 6.07 Å². The van der Waals surface area contributed by atoms with Gasteiger partial charge in [0.05, 0.1) is 10.6 Å². The summed E-state index contributed by atoms with van der Waals surface area (Å²) in [7, 11) is 0. The van der Waals surface area contributed by atoms with Crippen LogP contribution in [0.2, 0.25) is 5.02 Å². The van der Waals surface area contributed by atoms with Crippen molar-refractivity contribution in [3.63, 3.8) is 0 Å². The predicted molar refractivity (Wildman–Crippen MR) is 104 cm³/mol. The van der Waals surface area contributed by atoms with Gasteiger partial charge in [0, 0.05) is 24.3 Å². The van der Waals surface area contributed by atoms with E-state index < -0.39 is 18.5 Å². The molecule has 27 heavy (non-hydrogen) atoms. The summed E-state index contributed by atoms with van der Waals surface area (Å²) in [6.45, 7) is 4.65. The number of carbonyl (C=O) groups excluding carboxylic acids is 3. The van der Waals surface area contributed by atoms with Crippen molar-refractivity contribution >= 4 is 35.1 Å². The lowest BCUT2D eigenvalue weighted by atomic mass is 10.2. The topological polar surface area (TPSA) is 75.7 Å². The Kier molecular flexibility index (Phi) is 7.37. The first-order valence-electron chi connectivity index (χ1n) is 8.57. The van der Waals surface area contributed by atoms with Gasteiger partial charge < -0.3 is 15.0 Å². The Hall–Kier alpha value is -2.86. The minimum absolute atomic E-state index is 0.0634. The largest absolute Gasteiger partial charge is 0.452 e. The van der Waals surface area contributed by atoms with Gasteiger partial charge in [0.1, 0.15) is 0 Å². The van der Waals surface area contributed by atoms with Crippen LogP contribution in [0.1, 0.15) is 34.6 Å². The van der Waals surface area contributed by atoms with Crippen LogP contribution in [0.3, 0.4) is 0 Å². The first-order chi connectivity index (χ1) is 13.0. The van der Waals surface area contributed by atoms with Gasteiger partial charge in [-0.1, -0.05) is 23.7 Å². The first kappa shape index (κ1) is 20.5. The highest BCUT2D eigenvalue weighted by Crippen LogP contribution is 2.16. The molecule has 0 spiro atoms. The van der Waals surface area contributed by atoms with Crippen LogP contribution in [-0.2, 0) is 9.53 Å². The molecule has 2 rings (SSSR count). The Morgan fingerprint density at radius 3 is 2.22 bits per heavy atom. The molecule has 6 nitrogen and oxygen atoms in total. The third-order valence-corrected chi connectivity index (χ3v) is 4.22. The highest BCUT2D eigenvalue weighted by molar-refractivity contribution is 6.33. The molecule has 0 unspecified atom stereocenters. The van der Waals surface area contributed by atoms with E-state index in [0.717, 1.165) is 0 Å². The van der Waals surface area contributed by atoms with E-state index in [1.807, 2.05) is 13.8 Å². The Labute approximate surface area is 163 Å². The van der Waals surface area contributed by atoms with Crippen LogP contribution < -0.4 is 5.32 Å². The third kappa shape index (κ3) is 5.56. The maximum Gasteiger partial charge on any atom is 0.340 e. The lowest BCUT2D eigenvalue weighted by Gasteiger charge is -2.18. The van der Waals surface area contributed by atoms with Gasteiger partial charge in [-0.2, -0.15) is 0 Å². The number of hydrogen-bond acceptors (Lipinski definition) is 4. The van der Waals surface area contributed by atoms with Crippen LogP contribution in [0, 0.1) is 0 Å². The van der Waals surface area contributed by atoms with Gasteiger partial charge in [0.25, 0.3) is 11.8 Å². The normalized spacial score (nSPS) is 10.2. The fourth-order valence-electron chi connectivity index (χ4n) is 2.42. The summed E-state index contributed by atoms with van der Waals surface area (Å²) < 4.78 is 4.97. The van der Waals surface area contributed by atoms with E-state index in [-0.39, 0.29) is 16.5 Å². The molecule has 0 aliphatic heterocycles. The Morgan fingerprint density at radius 1 is 1.00 bits per heavy atom. The maximum atomic E-state index is 12.3. The molecule has 0 saturated heterocycles. The van der Waals surface area contributed by atoms with Gasteiger partial charge in [0.2, 0.25) is 0 Å². The van der Waals surface area contributed by atoms with Crippen molar-refractivity contribution in [2.75, 3.05) is 25.0 Å². The number of nitrogens with zero attached hydrogens (tertiary/aromatic N) is 1. The minimum atomic E-state index is -0.670. The van der Waals surface area contributed by atoms with Gasteiger partial charge in [-0.05, 0) is 50.2 Å². The van der Waals surface area contributed by atoms with Crippen molar-refractivity contribution < 1.29 is 19.1 Å². The average molecular weight is 389 g/mol. The molecule has 0 radical (unpaired) electrons. The summed E-state index contributed by atoms with van der Waals surface area (Å²) in [5.41, 5.74) is 1.25. The van der Waals surface area contributed by atoms with Gasteiger partial charge in [-0.15, -0.1) is 0 Å². The fourth-order valence-corrected chi connectivity index (χ4v) is 2.64. The Balaban J connectivity index is 1.90. The third-order valence-electron chi connectivity index (χ3n) is 3.89. The zero-order valence-electron chi connectivity index (χ0n) is 15.2. The molecule has 0 saturated carbocycles. The second kappa shape index (κ2) is 9.73. The molecule has 2 amide bonds. The summed E-state index contributed by atoms with van der Waals surface area (Å²) in [5, 5.41) is 2.87. The van der Waals surface area contributed by atoms with Crippen molar-refractivity contribution in [2.45, 2.75) is 13.8 Å². The molecule has 0 fully saturated rings. The Bertz CT molecular complexity index is 817. The summed E-state index contributed by atoms with van der Waals surface area (Å²) >= 11 is 5.92. The van der Waals surface area contributed by atoms with E-state index >= 15 is 0 Å². The number of amides is 2. The molecule has 2 aromatic rings. The van der Waals surface area contributed by atoms with Crippen molar-refractivity contribution in [2.24, 2.45) is 0 Å². The van der Waals surface area contributed by atoms with Crippen molar-refractivity contribution in [1.29, 1.82) is 0 Å². The van der Waals surface area contributed by atoms with Crippen LogP contribution in [0.5, 0.6) is 0 Å². The zero-order valence-corrected chi connectivity index (χ0v) is 16.0. The molecular formula is C20H21ClN2O4. The number of hydrogen-bond donors (Lipinski definition) is 1. The summed E-state index contributed by atoms with van der Waals surface area (Å²) in [4.78, 5) is 37.9. The quantitative estimate of drug-likeness (QED) is 0.735. The lowest BCUT2D eigenvalue weighted by molar-refractivity contribution is -0.119. The van der Waals surface area contributed by atoms with Crippen LogP contribution in [-0.4, -0.2) is 42.4 Å². The van der Waals surface area contributed by atoms with Gasteiger partial charge >= 0.3 is 5.97 Å². The molecule has 142 valence electrons. The monoisotopic (exact) mass is 388 g/mol. The molecule has 0 atom stereocenters. The molecule has 0 aliphatic rings. The number of carbonyl (C=O) groups is 3. The molecule has 1 N–H and O–H groups in total. The number of halogens is 1. The second-order valence-electron chi connectivity index (χ2n) is 5.66. The van der Waals surface area contributed by atoms with Crippen LogP contribution in [0.25, 0.3) is 0 Å². The second-order valence-corrected chi connectivity index (χ2v) is 6.07. The maximum absolute atomic E-state index is 12.3. The predicted octanol–water partition coefficient (Wildman–Crippen LogP) is 3.62. The van der Waals surface area contributed by atoms with E-state index in [0.29, 0.717) is 24.3 Å². The molecule has 0 bridgehead atoms. The molecular weight excluding hydrogens is 368 g/mol. The van der Waals surface area contributed by atoms with Crippen LogP contribution in [0.15, 0.2) is 48.5 Å². The average Bonchev–Trinajstić information content (AvgIpc) is 2.68. The molecule has 0 aliphatic carbocycles. The van der Waals surface area contributed by atoms with Crippen molar-refractivity contribution in [3.05, 3.63) is 64.7 Å². The lowest BCUT2D eigenvalue weighted by Crippen LogP contribution is -2.30. The van der Waals surface area contributed by atoms with Crippen molar-refractivity contribution in [1.82, 2.24) is 4.90 Å². The number of anilines is 1. The highest BCUT2D eigenvalue weighted by atomic mass is 35.5. The number of benzene rings is 2.